The highest BCUT2D eigenvalue weighted by Crippen LogP contribution is 2.17. The second-order valence-corrected chi connectivity index (χ2v) is 2.98. The van der Waals surface area contributed by atoms with E-state index >= 15 is 0 Å². The molecule has 0 N–H and O–H groups in total. The third kappa shape index (κ3) is 2.09. The fraction of sp³-hybridized carbons (Fsp3) is 0.500. The molecule has 4 nitrogen and oxygen atoms in total. The van der Waals surface area contributed by atoms with Gasteiger partial charge in [0.15, 0.2) is 5.76 Å². The summed E-state index contributed by atoms with van der Waals surface area (Å²) in [6.07, 6.45) is 0. The summed E-state index contributed by atoms with van der Waals surface area (Å²) < 4.78 is 9.76. The lowest BCUT2D eigenvalue weighted by Gasteiger charge is -1.99. The van der Waals surface area contributed by atoms with E-state index in [1.54, 1.807) is 13.8 Å². The van der Waals surface area contributed by atoms with Gasteiger partial charge in [-0.2, -0.15) is 0 Å². The molecule has 0 saturated carbocycles. The van der Waals surface area contributed by atoms with Crippen LogP contribution in [0.15, 0.2) is 4.52 Å². The van der Waals surface area contributed by atoms with Gasteiger partial charge in [-0.15, -0.1) is 0 Å². The van der Waals surface area contributed by atoms with Gasteiger partial charge in [0.2, 0.25) is 0 Å². The van der Waals surface area contributed by atoms with Crippen LogP contribution in [0.25, 0.3) is 0 Å². The van der Waals surface area contributed by atoms with E-state index in [9.17, 15) is 4.79 Å². The fourth-order valence-electron chi connectivity index (χ4n) is 0.973. The van der Waals surface area contributed by atoms with Crippen molar-refractivity contribution in [3.63, 3.8) is 0 Å². The fourth-order valence-corrected chi connectivity index (χ4v) is 1.36. The Labute approximate surface area is 84.4 Å². The number of aromatic nitrogens is 1. The lowest BCUT2D eigenvalue weighted by atomic mass is 10.2. The Morgan fingerprint density at radius 1 is 1.69 bits per heavy atom. The van der Waals surface area contributed by atoms with Gasteiger partial charge in [-0.1, -0.05) is 21.1 Å². The van der Waals surface area contributed by atoms with E-state index in [-0.39, 0.29) is 5.97 Å². The predicted octanol–water partition coefficient (Wildman–Crippen LogP) is 2.05. The Morgan fingerprint density at radius 2 is 2.38 bits per heavy atom. The van der Waals surface area contributed by atoms with Crippen LogP contribution in [-0.2, 0) is 10.1 Å². The van der Waals surface area contributed by atoms with Crippen molar-refractivity contribution in [1.82, 2.24) is 5.16 Å². The Balaban J connectivity index is 2.96. The number of nitrogens with zero attached hydrogens (tertiary/aromatic N) is 1. The Morgan fingerprint density at radius 3 is 2.92 bits per heavy atom. The molecule has 0 spiro atoms. The van der Waals surface area contributed by atoms with E-state index in [0.29, 0.717) is 29.0 Å². The minimum absolute atomic E-state index is 0.352. The summed E-state index contributed by atoms with van der Waals surface area (Å²) in [6.45, 7) is 3.82. The molecule has 0 aliphatic heterocycles. The zero-order valence-electron chi connectivity index (χ0n) is 7.46. The van der Waals surface area contributed by atoms with Crippen LogP contribution in [0, 0.1) is 6.92 Å². The van der Waals surface area contributed by atoms with Crippen LogP contribution in [0.1, 0.15) is 28.7 Å². The van der Waals surface area contributed by atoms with Gasteiger partial charge in [0.25, 0.3) is 0 Å². The van der Waals surface area contributed by atoms with Crippen molar-refractivity contribution in [1.29, 1.82) is 0 Å². The number of carbonyl (C=O) groups is 1. The highest BCUT2D eigenvalue weighted by molar-refractivity contribution is 9.08. The highest BCUT2D eigenvalue weighted by atomic mass is 79.9. The molecule has 1 aromatic rings. The van der Waals surface area contributed by atoms with Crippen LogP contribution in [0.3, 0.4) is 0 Å². The van der Waals surface area contributed by atoms with Crippen molar-refractivity contribution in [3.8, 4) is 0 Å². The first-order valence-electron chi connectivity index (χ1n) is 3.89. The van der Waals surface area contributed by atoms with Crippen molar-refractivity contribution >= 4 is 21.9 Å². The maximum atomic E-state index is 11.4. The molecule has 1 aromatic heterocycles. The minimum Gasteiger partial charge on any atom is -0.462 e. The number of alkyl halides is 1. The molecule has 1 rings (SSSR count). The van der Waals surface area contributed by atoms with Gasteiger partial charge in [0, 0.05) is 0 Å². The average molecular weight is 248 g/mol. The molecular formula is C8H10BrNO3. The summed E-state index contributed by atoms with van der Waals surface area (Å²) in [6, 6.07) is 0. The van der Waals surface area contributed by atoms with E-state index in [1.165, 1.54) is 0 Å². The number of esters is 1. The smallest absolute Gasteiger partial charge is 0.343 e. The molecule has 0 bridgehead atoms. The normalized spacial score (nSPS) is 10.1. The molecule has 72 valence electrons. The first-order valence-corrected chi connectivity index (χ1v) is 5.01. The summed E-state index contributed by atoms with van der Waals surface area (Å²) in [5, 5.41) is 4.15. The number of hydrogen-bond donors (Lipinski definition) is 0. The molecule has 1 heterocycles. The Kier molecular flexibility index (Phi) is 3.48. The van der Waals surface area contributed by atoms with Crippen molar-refractivity contribution in [2.45, 2.75) is 19.2 Å². The largest absolute Gasteiger partial charge is 0.462 e. The molecule has 13 heavy (non-hydrogen) atoms. The predicted molar refractivity (Wildman–Crippen MR) is 49.8 cm³/mol. The van der Waals surface area contributed by atoms with Gasteiger partial charge in [0.05, 0.1) is 17.6 Å². The second kappa shape index (κ2) is 4.41. The molecule has 0 atom stereocenters. The van der Waals surface area contributed by atoms with Gasteiger partial charge in [-0.05, 0) is 13.8 Å². The summed E-state index contributed by atoms with van der Waals surface area (Å²) >= 11 is 3.20. The summed E-state index contributed by atoms with van der Waals surface area (Å²) in [4.78, 5) is 11.4. The van der Waals surface area contributed by atoms with Crippen LogP contribution in [0.5, 0.6) is 0 Å². The third-order valence-corrected chi connectivity index (χ3v) is 2.04. The van der Waals surface area contributed by atoms with E-state index in [1.807, 2.05) is 0 Å². The zero-order chi connectivity index (χ0) is 9.84. The number of hydrogen-bond acceptors (Lipinski definition) is 4. The standard InChI is InChI=1S/C8H10BrNO3/c1-3-12-8(11)7-5(2)10-13-6(7)4-9/h3-4H2,1-2H3. The van der Waals surface area contributed by atoms with Gasteiger partial charge in [-0.3, -0.25) is 0 Å². The van der Waals surface area contributed by atoms with E-state index in [4.69, 9.17) is 9.26 Å². The molecule has 0 unspecified atom stereocenters. The van der Waals surface area contributed by atoms with Crippen molar-refractivity contribution in [2.75, 3.05) is 6.61 Å². The van der Waals surface area contributed by atoms with Gasteiger partial charge < -0.3 is 9.26 Å². The molecule has 0 aliphatic carbocycles. The molecule has 0 amide bonds. The number of halogens is 1. The van der Waals surface area contributed by atoms with Crippen molar-refractivity contribution in [2.24, 2.45) is 0 Å². The van der Waals surface area contributed by atoms with Gasteiger partial charge >= 0.3 is 5.97 Å². The topological polar surface area (TPSA) is 52.3 Å². The summed E-state index contributed by atoms with van der Waals surface area (Å²) in [5.74, 6) is 0.131. The SMILES string of the molecule is CCOC(=O)c1c(C)noc1CBr. The number of carbonyl (C=O) groups excluding carboxylic acids is 1. The van der Waals surface area contributed by atoms with Crippen LogP contribution in [0.2, 0.25) is 0 Å². The van der Waals surface area contributed by atoms with Crippen molar-refractivity contribution < 1.29 is 14.1 Å². The van der Waals surface area contributed by atoms with E-state index < -0.39 is 0 Å². The first kappa shape index (κ1) is 10.2. The minimum atomic E-state index is -0.379. The molecule has 0 aromatic carbocycles. The van der Waals surface area contributed by atoms with E-state index in [0.717, 1.165) is 0 Å². The Hall–Kier alpha value is -0.840. The highest BCUT2D eigenvalue weighted by Gasteiger charge is 2.20. The average Bonchev–Trinajstić information content (AvgIpc) is 2.47. The Bertz CT molecular complexity index is 308. The molecular weight excluding hydrogens is 238 g/mol. The van der Waals surface area contributed by atoms with Crippen LogP contribution < -0.4 is 0 Å². The molecule has 0 aliphatic rings. The third-order valence-electron chi connectivity index (χ3n) is 1.53. The quantitative estimate of drug-likeness (QED) is 0.606. The number of aryl methyl sites for hydroxylation is 1. The maximum Gasteiger partial charge on any atom is 0.343 e. The van der Waals surface area contributed by atoms with Gasteiger partial charge in [-0.25, -0.2) is 4.79 Å². The number of rotatable bonds is 3. The summed E-state index contributed by atoms with van der Waals surface area (Å²) in [5.41, 5.74) is 0.992. The van der Waals surface area contributed by atoms with Crippen LogP contribution in [-0.4, -0.2) is 17.7 Å². The lowest BCUT2D eigenvalue weighted by Crippen LogP contribution is -2.07. The monoisotopic (exact) mass is 247 g/mol. The van der Waals surface area contributed by atoms with Gasteiger partial charge in [0.1, 0.15) is 5.56 Å². The molecule has 0 radical (unpaired) electrons. The molecule has 0 saturated heterocycles. The molecule has 5 heteroatoms. The van der Waals surface area contributed by atoms with Crippen LogP contribution >= 0.6 is 15.9 Å². The van der Waals surface area contributed by atoms with Crippen molar-refractivity contribution in [3.05, 3.63) is 17.0 Å². The lowest BCUT2D eigenvalue weighted by molar-refractivity contribution is 0.0523. The van der Waals surface area contributed by atoms with E-state index in [2.05, 4.69) is 21.1 Å². The summed E-state index contributed by atoms with van der Waals surface area (Å²) in [7, 11) is 0. The first-order chi connectivity index (χ1) is 6.20. The maximum absolute atomic E-state index is 11.4. The molecule has 0 fully saturated rings. The van der Waals surface area contributed by atoms with Crippen LogP contribution in [0.4, 0.5) is 0 Å². The number of ether oxygens (including phenoxy) is 1. The second-order valence-electron chi connectivity index (χ2n) is 2.42. The zero-order valence-corrected chi connectivity index (χ0v) is 9.05.